The molecule has 1 saturated carbocycles. The zero-order valence-electron chi connectivity index (χ0n) is 12.3. The number of nitrogens with one attached hydrogen (secondary N) is 2. The molecule has 0 aliphatic heterocycles. The third-order valence-corrected chi connectivity index (χ3v) is 3.65. The van der Waals surface area contributed by atoms with Crippen molar-refractivity contribution < 1.29 is 9.59 Å². The first-order valence-electron chi connectivity index (χ1n) is 7.19. The number of aryl methyl sites for hydroxylation is 1. The number of amides is 2. The normalized spacial score (nSPS) is 14.8. The number of hydrogen-bond donors (Lipinski definition) is 2. The molecule has 1 aliphatic carbocycles. The maximum Gasteiger partial charge on any atom is 0.251 e. The molecule has 0 spiro atoms. The molecule has 1 fully saturated rings. The first kappa shape index (κ1) is 14.6. The van der Waals surface area contributed by atoms with Crippen LogP contribution in [0.4, 0.5) is 5.69 Å². The average Bonchev–Trinajstić information content (AvgIpc) is 2.28. The second-order valence-corrected chi connectivity index (χ2v) is 5.77. The highest BCUT2D eigenvalue weighted by molar-refractivity contribution is 5.98. The van der Waals surface area contributed by atoms with E-state index in [9.17, 15) is 9.59 Å². The predicted molar refractivity (Wildman–Crippen MR) is 79.8 cm³/mol. The molecule has 0 saturated heterocycles. The van der Waals surface area contributed by atoms with Crippen molar-refractivity contribution in [1.29, 1.82) is 0 Å². The van der Waals surface area contributed by atoms with E-state index in [0.717, 1.165) is 30.5 Å². The largest absolute Gasteiger partial charge is 0.350 e. The van der Waals surface area contributed by atoms with Crippen LogP contribution in [-0.4, -0.2) is 17.9 Å². The number of hydrogen-bond acceptors (Lipinski definition) is 2. The lowest BCUT2D eigenvalue weighted by atomic mass is 9.85. The lowest BCUT2D eigenvalue weighted by Gasteiger charge is -2.24. The SMILES string of the molecule is Cc1ccc(C(=O)NC(C)C)cc1NC(=O)C1CCC1. The number of carbonyl (C=O) groups is 2. The van der Waals surface area contributed by atoms with Gasteiger partial charge in [0.2, 0.25) is 5.91 Å². The van der Waals surface area contributed by atoms with Crippen molar-refractivity contribution in [3.05, 3.63) is 29.3 Å². The van der Waals surface area contributed by atoms with Crippen LogP contribution in [0, 0.1) is 12.8 Å². The van der Waals surface area contributed by atoms with Gasteiger partial charge in [-0.2, -0.15) is 0 Å². The van der Waals surface area contributed by atoms with Gasteiger partial charge in [0.05, 0.1) is 0 Å². The fraction of sp³-hybridized carbons (Fsp3) is 0.500. The molecule has 1 aromatic carbocycles. The smallest absolute Gasteiger partial charge is 0.251 e. The summed E-state index contributed by atoms with van der Waals surface area (Å²) in [5.74, 6) is 0.0995. The van der Waals surface area contributed by atoms with Crippen LogP contribution < -0.4 is 10.6 Å². The summed E-state index contributed by atoms with van der Waals surface area (Å²) >= 11 is 0. The van der Waals surface area contributed by atoms with Gasteiger partial charge in [0, 0.05) is 23.2 Å². The Bertz CT molecular complexity index is 519. The van der Waals surface area contributed by atoms with Crippen molar-refractivity contribution in [3.63, 3.8) is 0 Å². The number of carbonyl (C=O) groups excluding carboxylic acids is 2. The maximum atomic E-state index is 12.0. The molecular formula is C16H22N2O2. The summed E-state index contributed by atoms with van der Waals surface area (Å²) < 4.78 is 0. The second kappa shape index (κ2) is 6.07. The Hall–Kier alpha value is -1.84. The fourth-order valence-corrected chi connectivity index (χ4v) is 2.15. The Labute approximate surface area is 119 Å². The molecule has 0 bridgehead atoms. The Balaban J connectivity index is 2.11. The Morgan fingerprint density at radius 1 is 1.25 bits per heavy atom. The zero-order valence-corrected chi connectivity index (χ0v) is 12.3. The lowest BCUT2D eigenvalue weighted by Crippen LogP contribution is -2.30. The first-order chi connectivity index (χ1) is 9.47. The van der Waals surface area contributed by atoms with Crippen molar-refractivity contribution in [2.24, 2.45) is 5.92 Å². The van der Waals surface area contributed by atoms with Gasteiger partial charge in [-0.15, -0.1) is 0 Å². The summed E-state index contributed by atoms with van der Waals surface area (Å²) in [6, 6.07) is 5.50. The number of anilines is 1. The predicted octanol–water partition coefficient (Wildman–Crippen LogP) is 2.87. The molecule has 1 aliphatic rings. The van der Waals surface area contributed by atoms with Crippen LogP contribution in [0.15, 0.2) is 18.2 Å². The van der Waals surface area contributed by atoms with Crippen molar-refractivity contribution in [2.45, 2.75) is 46.1 Å². The van der Waals surface area contributed by atoms with Crippen molar-refractivity contribution >= 4 is 17.5 Å². The third kappa shape index (κ3) is 3.38. The van der Waals surface area contributed by atoms with Crippen molar-refractivity contribution in [1.82, 2.24) is 5.32 Å². The third-order valence-electron chi connectivity index (χ3n) is 3.65. The minimum Gasteiger partial charge on any atom is -0.350 e. The van der Waals surface area contributed by atoms with E-state index < -0.39 is 0 Å². The molecule has 2 rings (SSSR count). The molecule has 0 unspecified atom stereocenters. The summed E-state index contributed by atoms with van der Waals surface area (Å²) in [6.45, 7) is 5.78. The molecule has 0 aromatic heterocycles. The van der Waals surface area contributed by atoms with Crippen LogP contribution in [0.1, 0.15) is 49.0 Å². The molecule has 4 heteroatoms. The van der Waals surface area contributed by atoms with Crippen LogP contribution >= 0.6 is 0 Å². The number of rotatable bonds is 4. The molecule has 2 amide bonds. The van der Waals surface area contributed by atoms with Gasteiger partial charge >= 0.3 is 0 Å². The van der Waals surface area contributed by atoms with E-state index in [-0.39, 0.29) is 23.8 Å². The Morgan fingerprint density at radius 3 is 2.50 bits per heavy atom. The zero-order chi connectivity index (χ0) is 14.7. The van der Waals surface area contributed by atoms with E-state index in [1.54, 1.807) is 12.1 Å². The van der Waals surface area contributed by atoms with Crippen LogP contribution in [0.25, 0.3) is 0 Å². The summed E-state index contributed by atoms with van der Waals surface area (Å²) in [7, 11) is 0. The van der Waals surface area contributed by atoms with E-state index in [0.29, 0.717) is 5.56 Å². The van der Waals surface area contributed by atoms with E-state index in [4.69, 9.17) is 0 Å². The maximum absolute atomic E-state index is 12.0. The monoisotopic (exact) mass is 274 g/mol. The van der Waals surface area contributed by atoms with E-state index in [2.05, 4.69) is 10.6 Å². The molecule has 0 atom stereocenters. The highest BCUT2D eigenvalue weighted by Crippen LogP contribution is 2.28. The van der Waals surface area contributed by atoms with Gasteiger partial charge in [0.1, 0.15) is 0 Å². The van der Waals surface area contributed by atoms with Crippen LogP contribution in [-0.2, 0) is 4.79 Å². The van der Waals surface area contributed by atoms with Crippen molar-refractivity contribution in [2.75, 3.05) is 5.32 Å². The molecule has 1 aromatic rings. The molecule has 0 radical (unpaired) electrons. The van der Waals surface area contributed by atoms with Gasteiger partial charge in [-0.25, -0.2) is 0 Å². The topological polar surface area (TPSA) is 58.2 Å². The van der Waals surface area contributed by atoms with Gasteiger partial charge in [-0.1, -0.05) is 12.5 Å². The van der Waals surface area contributed by atoms with Gasteiger partial charge in [-0.05, 0) is 51.3 Å². The minimum absolute atomic E-state index is 0.0702. The van der Waals surface area contributed by atoms with Crippen molar-refractivity contribution in [3.8, 4) is 0 Å². The molecule has 108 valence electrons. The van der Waals surface area contributed by atoms with Crippen LogP contribution in [0.2, 0.25) is 0 Å². The fourth-order valence-electron chi connectivity index (χ4n) is 2.15. The summed E-state index contributed by atoms with van der Waals surface area (Å²) in [5, 5.41) is 5.79. The highest BCUT2D eigenvalue weighted by Gasteiger charge is 2.25. The Morgan fingerprint density at radius 2 is 1.95 bits per heavy atom. The van der Waals surface area contributed by atoms with Gasteiger partial charge in [0.15, 0.2) is 0 Å². The Kier molecular flexibility index (Phi) is 4.42. The minimum atomic E-state index is -0.112. The molecule has 20 heavy (non-hydrogen) atoms. The summed E-state index contributed by atoms with van der Waals surface area (Å²) in [6.07, 6.45) is 3.07. The van der Waals surface area contributed by atoms with Crippen LogP contribution in [0.3, 0.4) is 0 Å². The van der Waals surface area contributed by atoms with E-state index in [1.165, 1.54) is 0 Å². The van der Waals surface area contributed by atoms with Gasteiger partial charge < -0.3 is 10.6 Å². The van der Waals surface area contributed by atoms with Gasteiger partial charge in [-0.3, -0.25) is 9.59 Å². The second-order valence-electron chi connectivity index (χ2n) is 5.77. The van der Waals surface area contributed by atoms with E-state index in [1.807, 2.05) is 26.8 Å². The lowest BCUT2D eigenvalue weighted by molar-refractivity contribution is -0.122. The number of benzene rings is 1. The molecule has 4 nitrogen and oxygen atoms in total. The first-order valence-corrected chi connectivity index (χ1v) is 7.19. The molecular weight excluding hydrogens is 252 g/mol. The van der Waals surface area contributed by atoms with Crippen LogP contribution in [0.5, 0.6) is 0 Å². The molecule has 2 N–H and O–H groups in total. The van der Waals surface area contributed by atoms with Gasteiger partial charge in [0.25, 0.3) is 5.91 Å². The highest BCUT2D eigenvalue weighted by atomic mass is 16.2. The summed E-state index contributed by atoms with van der Waals surface area (Å²) in [5.41, 5.74) is 2.28. The standard InChI is InChI=1S/C16H22N2O2/c1-10(2)17-16(20)13-8-7-11(3)14(9-13)18-15(19)12-5-4-6-12/h7-10,12H,4-6H2,1-3H3,(H,17,20)(H,18,19). The van der Waals surface area contributed by atoms with E-state index >= 15 is 0 Å². The average molecular weight is 274 g/mol. The quantitative estimate of drug-likeness (QED) is 0.887. The molecule has 0 heterocycles. The summed E-state index contributed by atoms with van der Waals surface area (Å²) in [4.78, 5) is 24.0.